The van der Waals surface area contributed by atoms with E-state index in [0.717, 1.165) is 36.1 Å². The molecule has 1 N–H and O–H groups in total. The van der Waals surface area contributed by atoms with Crippen molar-refractivity contribution >= 4 is 67.8 Å². The summed E-state index contributed by atoms with van der Waals surface area (Å²) in [6.07, 6.45) is 0. The van der Waals surface area contributed by atoms with Crippen molar-refractivity contribution in [2.75, 3.05) is 0 Å². The van der Waals surface area contributed by atoms with Crippen LogP contribution >= 0.6 is 56.8 Å². The van der Waals surface area contributed by atoms with Gasteiger partial charge in [0.1, 0.15) is 11.6 Å². The summed E-state index contributed by atoms with van der Waals surface area (Å²) in [6.45, 7) is 2.84. The second kappa shape index (κ2) is 5.92. The van der Waals surface area contributed by atoms with Crippen molar-refractivity contribution in [2.45, 2.75) is 13.5 Å². The molecule has 0 amide bonds. The summed E-state index contributed by atoms with van der Waals surface area (Å²) in [5.74, 6) is 1.04. The third kappa shape index (κ3) is 2.75. The van der Waals surface area contributed by atoms with Crippen molar-refractivity contribution < 1.29 is 5.11 Å². The lowest BCUT2D eigenvalue weighted by atomic mass is 10.2. The average Bonchev–Trinajstić information content (AvgIpc) is 2.79. The molecule has 0 unspecified atom stereocenters. The largest absolute Gasteiger partial charge is 0.506 e. The van der Waals surface area contributed by atoms with Crippen molar-refractivity contribution in [1.29, 1.82) is 0 Å². The first-order chi connectivity index (χ1) is 10.0. The average molecular weight is 525 g/mol. The number of hydrogen-bond donors (Lipinski definition) is 1. The van der Waals surface area contributed by atoms with Gasteiger partial charge in [0.15, 0.2) is 0 Å². The summed E-state index contributed by atoms with van der Waals surface area (Å²) in [7, 11) is 0. The number of imidazole rings is 1. The molecular formula is C15H11ClI2N2O. The number of nitrogens with zero attached hydrogens (tertiary/aromatic N) is 2. The van der Waals surface area contributed by atoms with Crippen LogP contribution in [0.25, 0.3) is 22.4 Å². The standard InChI is InChI=1S/C15H11ClI2N2O/c1-2-20-13-4-3-8(16)5-12(13)19-15(20)10-6-9(17)7-11(18)14(10)21/h3-7,21H,2H2,1H3. The second-order valence-corrected chi connectivity index (χ2v) is 7.44. The molecule has 0 radical (unpaired) electrons. The van der Waals surface area contributed by atoms with E-state index in [9.17, 15) is 5.11 Å². The highest BCUT2D eigenvalue weighted by Gasteiger charge is 2.17. The van der Waals surface area contributed by atoms with Crippen molar-refractivity contribution in [3.05, 3.63) is 42.5 Å². The quantitative estimate of drug-likeness (QED) is 0.463. The third-order valence-corrected chi connectivity index (χ3v) is 4.98. The van der Waals surface area contributed by atoms with Gasteiger partial charge < -0.3 is 9.67 Å². The first-order valence-electron chi connectivity index (χ1n) is 6.35. The molecule has 1 aromatic heterocycles. The molecule has 0 aliphatic heterocycles. The zero-order valence-corrected chi connectivity index (χ0v) is 16.1. The molecule has 0 spiro atoms. The van der Waals surface area contributed by atoms with Gasteiger partial charge >= 0.3 is 0 Å². The van der Waals surface area contributed by atoms with E-state index >= 15 is 0 Å². The van der Waals surface area contributed by atoms with Crippen molar-refractivity contribution in [3.63, 3.8) is 0 Å². The highest BCUT2D eigenvalue weighted by molar-refractivity contribution is 14.1. The van der Waals surface area contributed by atoms with Gasteiger partial charge in [0.2, 0.25) is 0 Å². The number of halogens is 3. The lowest BCUT2D eigenvalue weighted by Gasteiger charge is -2.09. The highest BCUT2D eigenvalue weighted by Crippen LogP contribution is 2.36. The molecule has 2 aromatic carbocycles. The van der Waals surface area contributed by atoms with E-state index in [1.165, 1.54) is 0 Å². The molecule has 3 aromatic rings. The molecule has 6 heteroatoms. The lowest BCUT2D eigenvalue weighted by Crippen LogP contribution is -1.98. The second-order valence-electron chi connectivity index (χ2n) is 4.60. The molecule has 0 fully saturated rings. The summed E-state index contributed by atoms with van der Waals surface area (Å²) in [6, 6.07) is 9.57. The number of phenols is 1. The van der Waals surface area contributed by atoms with E-state index in [1.54, 1.807) is 0 Å². The van der Waals surface area contributed by atoms with Gasteiger partial charge in [-0.15, -0.1) is 0 Å². The Hall–Kier alpha value is -0.540. The van der Waals surface area contributed by atoms with Crippen molar-refractivity contribution in [2.24, 2.45) is 0 Å². The minimum Gasteiger partial charge on any atom is -0.506 e. The van der Waals surface area contributed by atoms with Crippen LogP contribution in [0.15, 0.2) is 30.3 Å². The van der Waals surface area contributed by atoms with Crippen LogP contribution < -0.4 is 0 Å². The smallest absolute Gasteiger partial charge is 0.144 e. The number of aromatic nitrogens is 2. The maximum atomic E-state index is 10.4. The van der Waals surface area contributed by atoms with Crippen LogP contribution in [-0.2, 0) is 6.54 Å². The summed E-state index contributed by atoms with van der Waals surface area (Å²) >= 11 is 10.4. The maximum Gasteiger partial charge on any atom is 0.144 e. The van der Waals surface area contributed by atoms with Gasteiger partial charge in [-0.25, -0.2) is 4.98 Å². The molecule has 0 saturated carbocycles. The molecule has 1 heterocycles. The molecule has 0 atom stereocenters. The molecule has 0 aliphatic carbocycles. The van der Waals surface area contributed by atoms with Gasteiger partial charge in [-0.2, -0.15) is 0 Å². The number of aromatic hydroxyl groups is 1. The van der Waals surface area contributed by atoms with Gasteiger partial charge in [0, 0.05) is 15.1 Å². The maximum absolute atomic E-state index is 10.4. The summed E-state index contributed by atoms with van der Waals surface area (Å²) in [5, 5.41) is 11.0. The van der Waals surface area contributed by atoms with Crippen LogP contribution in [0.2, 0.25) is 5.02 Å². The number of fused-ring (bicyclic) bond motifs is 1. The van der Waals surface area contributed by atoms with Crippen LogP contribution in [0, 0.1) is 7.14 Å². The number of aryl methyl sites for hydroxylation is 1. The van der Waals surface area contributed by atoms with E-state index in [4.69, 9.17) is 11.6 Å². The number of benzene rings is 2. The van der Waals surface area contributed by atoms with E-state index in [2.05, 4.69) is 61.7 Å². The minimum absolute atomic E-state index is 0.270. The minimum atomic E-state index is 0.270. The third-order valence-electron chi connectivity index (χ3n) is 3.30. The highest BCUT2D eigenvalue weighted by atomic mass is 127. The molecule has 108 valence electrons. The molecule has 0 saturated heterocycles. The lowest BCUT2D eigenvalue weighted by molar-refractivity contribution is 0.472. The van der Waals surface area contributed by atoms with E-state index in [-0.39, 0.29) is 5.75 Å². The predicted molar refractivity (Wildman–Crippen MR) is 103 cm³/mol. The van der Waals surface area contributed by atoms with E-state index in [1.807, 2.05) is 30.3 Å². The first kappa shape index (κ1) is 15.4. The molecule has 0 bridgehead atoms. The first-order valence-corrected chi connectivity index (χ1v) is 8.89. The van der Waals surface area contributed by atoms with Crippen molar-refractivity contribution in [1.82, 2.24) is 9.55 Å². The SMILES string of the molecule is CCn1c(-c2cc(I)cc(I)c2O)nc2cc(Cl)ccc21. The summed E-state index contributed by atoms with van der Waals surface area (Å²) in [5.41, 5.74) is 2.61. The van der Waals surface area contributed by atoms with Crippen LogP contribution in [-0.4, -0.2) is 14.7 Å². The zero-order chi connectivity index (χ0) is 15.1. The van der Waals surface area contributed by atoms with Crippen LogP contribution in [0.4, 0.5) is 0 Å². The molecule has 3 rings (SSSR count). The fraction of sp³-hybridized carbons (Fsp3) is 0.133. The van der Waals surface area contributed by atoms with Gasteiger partial charge in [0.25, 0.3) is 0 Å². The van der Waals surface area contributed by atoms with Crippen molar-refractivity contribution in [3.8, 4) is 17.1 Å². The molecule has 3 nitrogen and oxygen atoms in total. The Kier molecular flexibility index (Phi) is 4.33. The number of hydrogen-bond acceptors (Lipinski definition) is 2. The Morgan fingerprint density at radius 1 is 1.24 bits per heavy atom. The van der Waals surface area contributed by atoms with Gasteiger partial charge in [-0.3, -0.25) is 0 Å². The molecule has 21 heavy (non-hydrogen) atoms. The number of phenolic OH excluding ortho intramolecular Hbond substituents is 1. The van der Waals surface area contributed by atoms with Gasteiger partial charge in [-0.1, -0.05) is 11.6 Å². The van der Waals surface area contributed by atoms with Crippen LogP contribution in [0.3, 0.4) is 0 Å². The van der Waals surface area contributed by atoms with E-state index < -0.39 is 0 Å². The Balaban J connectivity index is 2.35. The van der Waals surface area contributed by atoms with Crippen LogP contribution in [0.5, 0.6) is 5.75 Å². The monoisotopic (exact) mass is 524 g/mol. The number of rotatable bonds is 2. The molecule has 0 aliphatic rings. The summed E-state index contributed by atoms with van der Waals surface area (Å²) in [4.78, 5) is 4.67. The Labute approximate surface area is 154 Å². The van der Waals surface area contributed by atoms with Crippen LogP contribution in [0.1, 0.15) is 6.92 Å². The predicted octanol–water partition coefficient (Wildman–Crippen LogP) is 5.29. The fourth-order valence-electron chi connectivity index (χ4n) is 2.37. The van der Waals surface area contributed by atoms with Gasteiger partial charge in [0.05, 0.1) is 20.2 Å². The topological polar surface area (TPSA) is 38.0 Å². The normalized spacial score (nSPS) is 11.2. The summed E-state index contributed by atoms with van der Waals surface area (Å²) < 4.78 is 3.98. The fourth-order valence-corrected chi connectivity index (χ4v) is 4.38. The molecular weight excluding hydrogens is 513 g/mol. The van der Waals surface area contributed by atoms with Gasteiger partial charge in [-0.05, 0) is 82.4 Å². The Morgan fingerprint density at radius 3 is 2.71 bits per heavy atom. The Morgan fingerprint density at radius 2 is 2.00 bits per heavy atom. The zero-order valence-electron chi connectivity index (χ0n) is 11.1. The Bertz CT molecular complexity index is 845. The van der Waals surface area contributed by atoms with E-state index in [0.29, 0.717) is 5.02 Å².